The van der Waals surface area contributed by atoms with Crippen LogP contribution in [0.4, 0.5) is 4.79 Å². The lowest BCUT2D eigenvalue weighted by atomic mass is 9.86. The third-order valence-corrected chi connectivity index (χ3v) is 4.30. The van der Waals surface area contributed by atoms with Gasteiger partial charge in [0.15, 0.2) is 0 Å². The molecule has 5 heteroatoms. The molecule has 0 bridgehead atoms. The number of nitrogens with one attached hydrogen (secondary N) is 1. The maximum Gasteiger partial charge on any atom is 0.407 e. The monoisotopic (exact) mass is 344 g/mol. The normalized spacial score (nSPS) is 15.6. The molecule has 1 fully saturated rings. The number of carbonyl (C=O) groups excluding carboxylic acids is 2. The van der Waals surface area contributed by atoms with Crippen LogP contribution in [-0.4, -0.2) is 35.6 Å². The number of nitrogens with zero attached hydrogens (tertiary/aromatic N) is 1. The minimum absolute atomic E-state index is 0.00155. The zero-order chi connectivity index (χ0) is 18.4. The Morgan fingerprint density at radius 3 is 2.52 bits per heavy atom. The summed E-state index contributed by atoms with van der Waals surface area (Å²) >= 11 is 0. The predicted octanol–water partition coefficient (Wildman–Crippen LogP) is 3.60. The zero-order valence-corrected chi connectivity index (χ0v) is 15.4. The molecule has 1 aromatic carbocycles. The van der Waals surface area contributed by atoms with Crippen molar-refractivity contribution >= 4 is 12.0 Å². The molecule has 1 aromatic rings. The summed E-state index contributed by atoms with van der Waals surface area (Å²) in [4.78, 5) is 25.4. The van der Waals surface area contributed by atoms with Gasteiger partial charge in [0.05, 0.1) is 0 Å². The van der Waals surface area contributed by atoms with Gasteiger partial charge in [-0.2, -0.15) is 0 Å². The number of likely N-dealkylation sites (tertiary alicyclic amines) is 1. The number of benzene rings is 1. The smallest absolute Gasteiger partial charge is 0.407 e. The van der Waals surface area contributed by atoms with Crippen LogP contribution in [0.25, 0.3) is 0 Å². The average Bonchev–Trinajstić information content (AvgIpc) is 2.58. The zero-order valence-electron chi connectivity index (χ0n) is 15.4. The molecule has 2 amide bonds. The van der Waals surface area contributed by atoms with E-state index in [2.05, 4.69) is 18.0 Å². The molecule has 1 N–H and O–H groups in total. The van der Waals surface area contributed by atoms with E-state index in [0.29, 0.717) is 12.5 Å². The minimum atomic E-state index is -0.506. The Morgan fingerprint density at radius 2 is 1.92 bits per heavy atom. The molecule has 1 heterocycles. The fourth-order valence-corrected chi connectivity index (χ4v) is 3.12. The molecular weight excluding hydrogens is 316 g/mol. The van der Waals surface area contributed by atoms with Gasteiger partial charge in [-0.05, 0) is 56.7 Å². The first kappa shape index (κ1) is 19.0. The van der Waals surface area contributed by atoms with Gasteiger partial charge in [0.2, 0.25) is 5.91 Å². The molecule has 0 aliphatic carbocycles. The summed E-state index contributed by atoms with van der Waals surface area (Å²) in [6.45, 7) is 11.0. The van der Waals surface area contributed by atoms with Crippen LogP contribution in [0.3, 0.4) is 0 Å². The van der Waals surface area contributed by atoms with Crippen LogP contribution in [-0.2, 0) is 16.1 Å². The third-order valence-electron chi connectivity index (χ3n) is 4.30. The van der Waals surface area contributed by atoms with Crippen molar-refractivity contribution in [1.82, 2.24) is 10.2 Å². The lowest BCUT2D eigenvalue weighted by Crippen LogP contribution is -2.37. The number of hydrogen-bond donors (Lipinski definition) is 1. The maximum atomic E-state index is 11.9. The predicted molar refractivity (Wildman–Crippen MR) is 98.3 cm³/mol. The van der Waals surface area contributed by atoms with Crippen molar-refractivity contribution < 1.29 is 14.3 Å². The molecular formula is C20H28N2O3. The molecule has 2 rings (SSSR count). The van der Waals surface area contributed by atoms with Crippen molar-refractivity contribution in [3.05, 3.63) is 48.0 Å². The van der Waals surface area contributed by atoms with Gasteiger partial charge in [-0.15, -0.1) is 0 Å². The standard InChI is InChI=1S/C20H28N2O3/c1-5-18(23)22-12-10-15(11-13-22)17-9-7-6-8-16(17)14-21-19(24)25-20(2,3)4/h5-9,15H,1,10-14H2,2-4H3,(H,21,24). The molecule has 1 aliphatic rings. The molecule has 1 aliphatic heterocycles. The maximum absolute atomic E-state index is 11.9. The van der Waals surface area contributed by atoms with E-state index in [0.717, 1.165) is 31.5 Å². The molecule has 0 aromatic heterocycles. The van der Waals surface area contributed by atoms with E-state index < -0.39 is 11.7 Å². The van der Waals surface area contributed by atoms with E-state index >= 15 is 0 Å². The Labute approximate surface area is 150 Å². The number of carbonyl (C=O) groups is 2. The van der Waals surface area contributed by atoms with Crippen molar-refractivity contribution in [2.75, 3.05) is 13.1 Å². The summed E-state index contributed by atoms with van der Waals surface area (Å²) in [5.74, 6) is 0.392. The lowest BCUT2D eigenvalue weighted by Gasteiger charge is -2.32. The fraction of sp³-hybridized carbons (Fsp3) is 0.500. The van der Waals surface area contributed by atoms with Crippen molar-refractivity contribution in [3.63, 3.8) is 0 Å². The van der Waals surface area contributed by atoms with Crippen LogP contribution in [0, 0.1) is 0 Å². The van der Waals surface area contributed by atoms with Gasteiger partial charge in [-0.3, -0.25) is 4.79 Å². The Bertz CT molecular complexity index is 626. The van der Waals surface area contributed by atoms with Crippen molar-refractivity contribution in [1.29, 1.82) is 0 Å². The van der Waals surface area contributed by atoms with E-state index in [-0.39, 0.29) is 5.91 Å². The SMILES string of the molecule is C=CC(=O)N1CCC(c2ccccc2CNC(=O)OC(C)(C)C)CC1. The molecule has 0 atom stereocenters. The Balaban J connectivity index is 1.98. The van der Waals surface area contributed by atoms with Gasteiger partial charge >= 0.3 is 6.09 Å². The van der Waals surface area contributed by atoms with Crippen LogP contribution in [0.15, 0.2) is 36.9 Å². The number of alkyl carbamates (subject to hydrolysis) is 1. The third kappa shape index (κ3) is 5.62. The summed E-state index contributed by atoms with van der Waals surface area (Å²) in [5.41, 5.74) is 1.83. The Kier molecular flexibility index (Phi) is 6.23. The molecule has 136 valence electrons. The number of piperidine rings is 1. The second kappa shape index (κ2) is 8.19. The summed E-state index contributed by atoms with van der Waals surface area (Å²) in [6, 6.07) is 8.15. The van der Waals surface area contributed by atoms with E-state index in [4.69, 9.17) is 4.74 Å². The average molecular weight is 344 g/mol. The molecule has 25 heavy (non-hydrogen) atoms. The number of hydrogen-bond acceptors (Lipinski definition) is 3. The van der Waals surface area contributed by atoms with Crippen molar-refractivity contribution in [3.8, 4) is 0 Å². The van der Waals surface area contributed by atoms with E-state index in [1.165, 1.54) is 11.6 Å². The van der Waals surface area contributed by atoms with Crippen LogP contribution >= 0.6 is 0 Å². The molecule has 0 spiro atoms. The number of ether oxygens (including phenoxy) is 1. The second-order valence-corrected chi connectivity index (χ2v) is 7.36. The van der Waals surface area contributed by atoms with Gasteiger partial charge in [-0.25, -0.2) is 4.79 Å². The van der Waals surface area contributed by atoms with Crippen LogP contribution in [0.5, 0.6) is 0 Å². The second-order valence-electron chi connectivity index (χ2n) is 7.36. The summed E-state index contributed by atoms with van der Waals surface area (Å²) in [6.07, 6.45) is 2.80. The number of amides is 2. The van der Waals surface area contributed by atoms with Crippen molar-refractivity contribution in [2.24, 2.45) is 0 Å². The van der Waals surface area contributed by atoms with Crippen LogP contribution < -0.4 is 5.32 Å². The highest BCUT2D eigenvalue weighted by Crippen LogP contribution is 2.30. The first-order valence-electron chi connectivity index (χ1n) is 8.76. The van der Waals surface area contributed by atoms with Gasteiger partial charge in [0, 0.05) is 19.6 Å². The Morgan fingerprint density at radius 1 is 1.28 bits per heavy atom. The topological polar surface area (TPSA) is 58.6 Å². The highest BCUT2D eigenvalue weighted by molar-refractivity contribution is 5.87. The quantitative estimate of drug-likeness (QED) is 0.849. The van der Waals surface area contributed by atoms with Crippen LogP contribution in [0.1, 0.15) is 50.7 Å². The van der Waals surface area contributed by atoms with E-state index in [1.807, 2.05) is 43.9 Å². The highest BCUT2D eigenvalue weighted by Gasteiger charge is 2.24. The van der Waals surface area contributed by atoms with Crippen LogP contribution in [0.2, 0.25) is 0 Å². The first-order chi connectivity index (χ1) is 11.8. The molecule has 0 saturated carbocycles. The van der Waals surface area contributed by atoms with Gasteiger partial charge in [-0.1, -0.05) is 30.8 Å². The van der Waals surface area contributed by atoms with E-state index in [1.54, 1.807) is 0 Å². The molecule has 0 unspecified atom stereocenters. The Hall–Kier alpha value is -2.30. The lowest BCUT2D eigenvalue weighted by molar-refractivity contribution is -0.127. The summed E-state index contributed by atoms with van der Waals surface area (Å²) in [5, 5.41) is 2.83. The van der Waals surface area contributed by atoms with Crippen molar-refractivity contribution in [2.45, 2.75) is 51.7 Å². The fourth-order valence-electron chi connectivity index (χ4n) is 3.12. The first-order valence-corrected chi connectivity index (χ1v) is 8.76. The number of rotatable bonds is 4. The minimum Gasteiger partial charge on any atom is -0.444 e. The summed E-state index contributed by atoms with van der Waals surface area (Å²) in [7, 11) is 0. The highest BCUT2D eigenvalue weighted by atomic mass is 16.6. The van der Waals surface area contributed by atoms with Gasteiger partial charge < -0.3 is 15.0 Å². The largest absolute Gasteiger partial charge is 0.444 e. The molecule has 5 nitrogen and oxygen atoms in total. The van der Waals surface area contributed by atoms with Gasteiger partial charge in [0.1, 0.15) is 5.60 Å². The van der Waals surface area contributed by atoms with E-state index in [9.17, 15) is 9.59 Å². The molecule has 1 saturated heterocycles. The molecule has 0 radical (unpaired) electrons. The van der Waals surface area contributed by atoms with Gasteiger partial charge in [0.25, 0.3) is 0 Å². The summed E-state index contributed by atoms with van der Waals surface area (Å²) < 4.78 is 5.29.